The van der Waals surface area contributed by atoms with Crippen molar-refractivity contribution in [3.8, 4) is 5.75 Å². The Morgan fingerprint density at radius 1 is 1.26 bits per heavy atom. The first-order valence-corrected chi connectivity index (χ1v) is 7.16. The van der Waals surface area contributed by atoms with Crippen LogP contribution in [0.1, 0.15) is 32.3 Å². The molecule has 1 aromatic carbocycles. The fourth-order valence-electron chi connectivity index (χ4n) is 3.82. The second-order valence-electron chi connectivity index (χ2n) is 6.16. The second kappa shape index (κ2) is 4.68. The number of hydrogen-bond acceptors (Lipinski definition) is 2. The topological polar surface area (TPSA) is 21.3 Å². The van der Waals surface area contributed by atoms with Gasteiger partial charge < -0.3 is 10.1 Å². The summed E-state index contributed by atoms with van der Waals surface area (Å²) >= 11 is 0. The predicted octanol–water partition coefficient (Wildman–Crippen LogP) is 3.28. The molecule has 0 radical (unpaired) electrons. The van der Waals surface area contributed by atoms with E-state index >= 15 is 0 Å². The fourth-order valence-corrected chi connectivity index (χ4v) is 3.82. The maximum absolute atomic E-state index is 5.41. The molecular formula is C17H23NO. The van der Waals surface area contributed by atoms with Crippen molar-refractivity contribution in [2.24, 2.45) is 5.92 Å². The Labute approximate surface area is 115 Å². The van der Waals surface area contributed by atoms with E-state index in [0.717, 1.165) is 24.8 Å². The third kappa shape index (κ3) is 1.99. The van der Waals surface area contributed by atoms with Crippen molar-refractivity contribution in [3.05, 3.63) is 41.0 Å². The summed E-state index contributed by atoms with van der Waals surface area (Å²) in [7, 11) is 1.75. The number of benzene rings is 1. The average molecular weight is 257 g/mol. The van der Waals surface area contributed by atoms with Gasteiger partial charge in [0.2, 0.25) is 0 Å². The first-order chi connectivity index (χ1) is 9.15. The third-order valence-electron chi connectivity index (χ3n) is 5.12. The van der Waals surface area contributed by atoms with Crippen LogP contribution in [0.25, 0.3) is 0 Å². The summed E-state index contributed by atoms with van der Waals surface area (Å²) in [5.41, 5.74) is 4.88. The van der Waals surface area contributed by atoms with Gasteiger partial charge in [0, 0.05) is 12.0 Å². The van der Waals surface area contributed by atoms with Crippen LogP contribution in [0, 0.1) is 5.92 Å². The molecule has 1 N–H and O–H groups in total. The lowest BCUT2D eigenvalue weighted by molar-refractivity contribution is 0.314. The van der Waals surface area contributed by atoms with Gasteiger partial charge in [0.15, 0.2) is 0 Å². The van der Waals surface area contributed by atoms with Crippen molar-refractivity contribution in [2.45, 2.75) is 32.1 Å². The minimum absolute atomic E-state index is 0.276. The highest BCUT2D eigenvalue weighted by molar-refractivity contribution is 5.40. The minimum Gasteiger partial charge on any atom is -0.497 e. The van der Waals surface area contributed by atoms with Crippen LogP contribution in [-0.4, -0.2) is 20.2 Å². The van der Waals surface area contributed by atoms with E-state index in [9.17, 15) is 0 Å². The number of hydrogen-bond donors (Lipinski definition) is 1. The van der Waals surface area contributed by atoms with Gasteiger partial charge in [-0.05, 0) is 56.8 Å². The number of allylic oxidation sites excluding steroid dienone is 2. The van der Waals surface area contributed by atoms with Gasteiger partial charge in [-0.15, -0.1) is 0 Å². The summed E-state index contributed by atoms with van der Waals surface area (Å²) in [5.74, 6) is 1.70. The van der Waals surface area contributed by atoms with Crippen LogP contribution >= 0.6 is 0 Å². The molecule has 0 aromatic heterocycles. The fraction of sp³-hybridized carbons (Fsp3) is 0.529. The van der Waals surface area contributed by atoms with E-state index in [-0.39, 0.29) is 5.41 Å². The normalized spacial score (nSPS) is 30.4. The summed E-state index contributed by atoms with van der Waals surface area (Å²) < 4.78 is 5.41. The zero-order chi connectivity index (χ0) is 13.5. The first-order valence-electron chi connectivity index (χ1n) is 7.16. The lowest BCUT2D eigenvalue weighted by Crippen LogP contribution is -2.38. The van der Waals surface area contributed by atoms with E-state index in [2.05, 4.69) is 37.4 Å². The van der Waals surface area contributed by atoms with E-state index in [1.807, 2.05) is 6.07 Å². The first kappa shape index (κ1) is 12.7. The van der Waals surface area contributed by atoms with Gasteiger partial charge >= 0.3 is 0 Å². The van der Waals surface area contributed by atoms with Crippen LogP contribution in [0.2, 0.25) is 0 Å². The molecule has 1 aromatic rings. The molecule has 1 saturated heterocycles. The Kier molecular flexibility index (Phi) is 3.14. The smallest absolute Gasteiger partial charge is 0.119 e. The third-order valence-corrected chi connectivity index (χ3v) is 5.12. The molecule has 2 nitrogen and oxygen atoms in total. The van der Waals surface area contributed by atoms with Gasteiger partial charge in [0.1, 0.15) is 5.75 Å². The molecule has 1 aliphatic heterocycles. The molecule has 0 saturated carbocycles. The number of fused-ring (bicyclic) bond motifs is 1. The quantitative estimate of drug-likeness (QED) is 0.821. The maximum atomic E-state index is 5.41. The van der Waals surface area contributed by atoms with E-state index in [1.54, 1.807) is 18.3 Å². The van der Waals surface area contributed by atoms with Gasteiger partial charge in [-0.3, -0.25) is 0 Å². The molecule has 1 aliphatic carbocycles. The highest BCUT2D eigenvalue weighted by atomic mass is 16.5. The molecule has 102 valence electrons. The highest BCUT2D eigenvalue weighted by Gasteiger charge is 2.46. The lowest BCUT2D eigenvalue weighted by atomic mass is 9.63. The minimum atomic E-state index is 0.276. The van der Waals surface area contributed by atoms with E-state index in [0.29, 0.717) is 0 Å². The Bertz CT molecular complexity index is 520. The van der Waals surface area contributed by atoms with Crippen LogP contribution in [0.3, 0.4) is 0 Å². The number of nitrogens with one attached hydrogen (secondary N) is 1. The van der Waals surface area contributed by atoms with Gasteiger partial charge in [0.05, 0.1) is 7.11 Å². The van der Waals surface area contributed by atoms with Crippen molar-refractivity contribution < 1.29 is 4.74 Å². The summed E-state index contributed by atoms with van der Waals surface area (Å²) in [6.45, 7) is 6.83. The Morgan fingerprint density at radius 2 is 2.11 bits per heavy atom. The number of rotatable bonds is 2. The summed E-state index contributed by atoms with van der Waals surface area (Å²) in [6.07, 6.45) is 2.42. The maximum Gasteiger partial charge on any atom is 0.119 e. The van der Waals surface area contributed by atoms with Crippen molar-refractivity contribution in [3.63, 3.8) is 0 Å². The van der Waals surface area contributed by atoms with Crippen molar-refractivity contribution in [1.82, 2.24) is 5.32 Å². The number of methoxy groups -OCH3 is 1. The molecule has 0 amide bonds. The van der Waals surface area contributed by atoms with Crippen LogP contribution in [0.5, 0.6) is 5.75 Å². The Hall–Kier alpha value is -1.28. The van der Waals surface area contributed by atoms with Gasteiger partial charge in [-0.25, -0.2) is 0 Å². The van der Waals surface area contributed by atoms with Crippen molar-refractivity contribution in [2.75, 3.05) is 20.2 Å². The summed E-state index contributed by atoms with van der Waals surface area (Å²) in [5, 5.41) is 3.61. The van der Waals surface area contributed by atoms with Gasteiger partial charge in [-0.2, -0.15) is 0 Å². The van der Waals surface area contributed by atoms with Crippen molar-refractivity contribution in [1.29, 1.82) is 0 Å². The monoisotopic (exact) mass is 257 g/mol. The SMILES string of the molecule is COc1cccc([C@@]23CNC[C@H]2CC(C)=C(C)C3)c1. The summed E-state index contributed by atoms with van der Waals surface area (Å²) in [4.78, 5) is 0. The van der Waals surface area contributed by atoms with E-state index in [4.69, 9.17) is 4.74 Å². The molecule has 2 heteroatoms. The Morgan fingerprint density at radius 3 is 2.89 bits per heavy atom. The van der Waals surface area contributed by atoms with E-state index < -0.39 is 0 Å². The molecule has 2 atom stereocenters. The van der Waals surface area contributed by atoms with Crippen LogP contribution in [0.4, 0.5) is 0 Å². The van der Waals surface area contributed by atoms with Crippen LogP contribution in [-0.2, 0) is 5.41 Å². The molecule has 3 rings (SSSR count). The largest absolute Gasteiger partial charge is 0.497 e. The molecule has 1 fully saturated rings. The highest BCUT2D eigenvalue weighted by Crippen LogP contribution is 2.48. The number of ether oxygens (including phenoxy) is 1. The average Bonchev–Trinajstić information content (AvgIpc) is 2.83. The lowest BCUT2D eigenvalue weighted by Gasteiger charge is -2.40. The molecule has 1 heterocycles. The molecule has 0 spiro atoms. The summed E-state index contributed by atoms with van der Waals surface area (Å²) in [6, 6.07) is 8.66. The zero-order valence-electron chi connectivity index (χ0n) is 12.1. The molecule has 0 bridgehead atoms. The second-order valence-corrected chi connectivity index (χ2v) is 6.16. The van der Waals surface area contributed by atoms with Gasteiger partial charge in [-0.1, -0.05) is 23.3 Å². The molecule has 0 unspecified atom stereocenters. The van der Waals surface area contributed by atoms with Crippen molar-refractivity contribution >= 4 is 0 Å². The van der Waals surface area contributed by atoms with E-state index in [1.165, 1.54) is 18.4 Å². The molecule has 2 aliphatic rings. The molecular weight excluding hydrogens is 234 g/mol. The van der Waals surface area contributed by atoms with Crippen LogP contribution < -0.4 is 10.1 Å². The Balaban J connectivity index is 2.05. The van der Waals surface area contributed by atoms with Gasteiger partial charge in [0.25, 0.3) is 0 Å². The predicted molar refractivity (Wildman–Crippen MR) is 78.6 cm³/mol. The standard InChI is InChI=1S/C17H23NO/c1-12-7-15-10-18-11-17(15,9-13(12)2)14-5-4-6-16(8-14)19-3/h4-6,8,15,18H,7,9-11H2,1-3H3/t15-,17-/m1/s1. The van der Waals surface area contributed by atoms with Crippen LogP contribution in [0.15, 0.2) is 35.4 Å². The zero-order valence-corrected chi connectivity index (χ0v) is 12.1. The molecule has 19 heavy (non-hydrogen) atoms.